The maximum Gasteiger partial charge on any atom is 0.234 e. The van der Waals surface area contributed by atoms with E-state index < -0.39 is 0 Å². The Morgan fingerprint density at radius 3 is 2.50 bits per heavy atom. The molecule has 0 bridgehead atoms. The molecule has 1 heteroatoms. The zero-order valence-electron chi connectivity index (χ0n) is 10.6. The quantitative estimate of drug-likeness (QED) is 0.763. The lowest BCUT2D eigenvalue weighted by molar-refractivity contribution is 0.563. The van der Waals surface area contributed by atoms with Crippen molar-refractivity contribution in [1.29, 1.82) is 0 Å². The van der Waals surface area contributed by atoms with E-state index in [1.807, 2.05) is 48.8 Å². The first kappa shape index (κ1) is 12.6. The highest BCUT2D eigenvalue weighted by molar-refractivity contribution is 5.88. The maximum absolute atomic E-state index is 11.0. The lowest BCUT2D eigenvalue weighted by atomic mass is 9.96. The van der Waals surface area contributed by atoms with E-state index >= 15 is 0 Å². The lowest BCUT2D eigenvalue weighted by Crippen LogP contribution is -1.92. The number of rotatable bonds is 5. The molecule has 1 nitrogen and oxygen atoms in total. The minimum absolute atomic E-state index is 0.640. The van der Waals surface area contributed by atoms with Gasteiger partial charge in [-0.1, -0.05) is 61.9 Å². The second kappa shape index (κ2) is 6.15. The van der Waals surface area contributed by atoms with Crippen molar-refractivity contribution in [3.63, 3.8) is 0 Å². The molecule has 0 spiro atoms. The van der Waals surface area contributed by atoms with E-state index in [1.54, 1.807) is 0 Å². The van der Waals surface area contributed by atoms with Gasteiger partial charge in [-0.25, -0.2) is 0 Å². The summed E-state index contributed by atoms with van der Waals surface area (Å²) in [5.74, 6) is 0. The molecule has 0 saturated heterocycles. The normalized spacial score (nSPS) is 10.3. The SMILES string of the molecule is CCCCc1ccc([C]=O)c(-c2ccccc2)c1. The molecule has 2 aromatic carbocycles. The number of unbranched alkanes of at least 4 members (excludes halogenated alkanes) is 1. The van der Waals surface area contributed by atoms with Crippen LogP contribution in [0, 0.1) is 0 Å². The molecule has 0 fully saturated rings. The fourth-order valence-electron chi connectivity index (χ4n) is 2.07. The summed E-state index contributed by atoms with van der Waals surface area (Å²) >= 11 is 0. The summed E-state index contributed by atoms with van der Waals surface area (Å²) in [6, 6.07) is 16.0. The summed E-state index contributed by atoms with van der Waals surface area (Å²) in [6.45, 7) is 2.19. The highest BCUT2D eigenvalue weighted by atomic mass is 16.1. The molecule has 0 unspecified atom stereocenters. The Kier molecular flexibility index (Phi) is 4.30. The van der Waals surface area contributed by atoms with Crippen molar-refractivity contribution in [3.8, 4) is 11.1 Å². The summed E-state index contributed by atoms with van der Waals surface area (Å²) in [7, 11) is 0. The van der Waals surface area contributed by atoms with Crippen molar-refractivity contribution in [2.45, 2.75) is 26.2 Å². The second-order valence-electron chi connectivity index (χ2n) is 4.45. The van der Waals surface area contributed by atoms with E-state index in [0.717, 1.165) is 17.5 Å². The maximum atomic E-state index is 11.0. The van der Waals surface area contributed by atoms with Crippen LogP contribution in [-0.4, -0.2) is 6.29 Å². The zero-order chi connectivity index (χ0) is 12.8. The van der Waals surface area contributed by atoms with E-state index in [9.17, 15) is 4.79 Å². The van der Waals surface area contributed by atoms with Gasteiger partial charge in [0.25, 0.3) is 0 Å². The average molecular weight is 237 g/mol. The molecule has 0 aliphatic rings. The summed E-state index contributed by atoms with van der Waals surface area (Å²) in [5, 5.41) is 0. The van der Waals surface area contributed by atoms with Crippen LogP contribution in [0.15, 0.2) is 48.5 Å². The molecule has 0 aromatic heterocycles. The predicted octanol–water partition coefficient (Wildman–Crippen LogP) is 4.15. The van der Waals surface area contributed by atoms with Gasteiger partial charge in [-0.15, -0.1) is 0 Å². The van der Waals surface area contributed by atoms with Crippen molar-refractivity contribution in [2.75, 3.05) is 0 Å². The van der Waals surface area contributed by atoms with Crippen LogP contribution in [0.5, 0.6) is 0 Å². The summed E-state index contributed by atoms with van der Waals surface area (Å²) < 4.78 is 0. The van der Waals surface area contributed by atoms with Crippen LogP contribution in [0.4, 0.5) is 0 Å². The van der Waals surface area contributed by atoms with Gasteiger partial charge in [0.1, 0.15) is 0 Å². The van der Waals surface area contributed by atoms with Gasteiger partial charge in [-0.2, -0.15) is 0 Å². The Bertz CT molecular complexity index is 514. The van der Waals surface area contributed by atoms with E-state index in [4.69, 9.17) is 0 Å². The molecule has 0 amide bonds. The van der Waals surface area contributed by atoms with Crippen LogP contribution in [0.2, 0.25) is 0 Å². The fraction of sp³-hybridized carbons (Fsp3) is 0.235. The highest BCUT2D eigenvalue weighted by Gasteiger charge is 2.06. The van der Waals surface area contributed by atoms with E-state index in [0.29, 0.717) is 5.56 Å². The minimum Gasteiger partial charge on any atom is -0.285 e. The van der Waals surface area contributed by atoms with E-state index in [2.05, 4.69) is 13.0 Å². The molecule has 0 saturated carbocycles. The third-order valence-electron chi connectivity index (χ3n) is 3.10. The first-order valence-corrected chi connectivity index (χ1v) is 6.41. The second-order valence-corrected chi connectivity index (χ2v) is 4.45. The predicted molar refractivity (Wildman–Crippen MR) is 75.3 cm³/mol. The molecule has 2 rings (SSSR count). The topological polar surface area (TPSA) is 17.1 Å². The van der Waals surface area contributed by atoms with Gasteiger partial charge < -0.3 is 0 Å². The zero-order valence-corrected chi connectivity index (χ0v) is 10.6. The van der Waals surface area contributed by atoms with Crippen LogP contribution in [0.3, 0.4) is 0 Å². The first-order chi connectivity index (χ1) is 8.85. The monoisotopic (exact) mass is 237 g/mol. The average Bonchev–Trinajstić information content (AvgIpc) is 2.45. The molecule has 91 valence electrons. The molecule has 0 aliphatic heterocycles. The van der Waals surface area contributed by atoms with Gasteiger partial charge >= 0.3 is 0 Å². The third kappa shape index (κ3) is 2.86. The molecule has 0 N–H and O–H groups in total. The van der Waals surface area contributed by atoms with Gasteiger partial charge in [0, 0.05) is 5.56 Å². The smallest absolute Gasteiger partial charge is 0.234 e. The van der Waals surface area contributed by atoms with Gasteiger partial charge in [0.05, 0.1) is 0 Å². The molecule has 0 atom stereocenters. The standard InChI is InChI=1S/C17H17O/c1-2-3-7-14-10-11-16(13-18)17(12-14)15-8-5-4-6-9-15/h4-6,8-12H,2-3,7H2,1H3. The van der Waals surface area contributed by atoms with E-state index in [-0.39, 0.29) is 0 Å². The largest absolute Gasteiger partial charge is 0.285 e. The number of hydrogen-bond acceptors (Lipinski definition) is 1. The first-order valence-electron chi connectivity index (χ1n) is 6.41. The van der Waals surface area contributed by atoms with Crippen molar-refractivity contribution < 1.29 is 4.79 Å². The number of carbonyl (C=O) groups excluding carboxylic acids is 1. The van der Waals surface area contributed by atoms with Crippen LogP contribution < -0.4 is 0 Å². The number of aryl methyl sites for hydroxylation is 1. The van der Waals surface area contributed by atoms with Crippen LogP contribution >= 0.6 is 0 Å². The number of hydrogen-bond donors (Lipinski definition) is 0. The number of benzene rings is 2. The molecule has 18 heavy (non-hydrogen) atoms. The Morgan fingerprint density at radius 2 is 1.83 bits per heavy atom. The van der Waals surface area contributed by atoms with E-state index in [1.165, 1.54) is 18.4 Å². The minimum atomic E-state index is 0.640. The Morgan fingerprint density at radius 1 is 1.06 bits per heavy atom. The van der Waals surface area contributed by atoms with Crippen LogP contribution in [-0.2, 0) is 11.2 Å². The molecular weight excluding hydrogens is 220 g/mol. The molecular formula is C17H17O. The van der Waals surface area contributed by atoms with Crippen LogP contribution in [0.25, 0.3) is 11.1 Å². The highest BCUT2D eigenvalue weighted by Crippen LogP contribution is 2.24. The van der Waals surface area contributed by atoms with Crippen molar-refractivity contribution >= 4 is 6.29 Å². The van der Waals surface area contributed by atoms with Crippen LogP contribution in [0.1, 0.15) is 30.9 Å². The van der Waals surface area contributed by atoms with Crippen molar-refractivity contribution in [3.05, 3.63) is 59.7 Å². The van der Waals surface area contributed by atoms with Gasteiger partial charge in [-0.3, -0.25) is 4.79 Å². The van der Waals surface area contributed by atoms with Crippen molar-refractivity contribution in [2.24, 2.45) is 0 Å². The lowest BCUT2D eigenvalue weighted by Gasteiger charge is -2.08. The summed E-state index contributed by atoms with van der Waals surface area (Å²) in [6.07, 6.45) is 5.45. The Balaban J connectivity index is 2.40. The van der Waals surface area contributed by atoms with Gasteiger partial charge in [0.15, 0.2) is 0 Å². The van der Waals surface area contributed by atoms with Gasteiger partial charge in [0.2, 0.25) is 6.29 Å². The molecule has 2 aromatic rings. The molecule has 0 aliphatic carbocycles. The van der Waals surface area contributed by atoms with Crippen molar-refractivity contribution in [1.82, 2.24) is 0 Å². The summed E-state index contributed by atoms with van der Waals surface area (Å²) in [4.78, 5) is 11.0. The Labute approximate surface area is 108 Å². The third-order valence-corrected chi connectivity index (χ3v) is 3.10. The molecule has 1 radical (unpaired) electrons. The summed E-state index contributed by atoms with van der Waals surface area (Å²) in [5.41, 5.74) is 3.99. The Hall–Kier alpha value is -1.89. The van der Waals surface area contributed by atoms with Gasteiger partial charge in [-0.05, 0) is 29.5 Å². The fourth-order valence-corrected chi connectivity index (χ4v) is 2.07. The molecule has 0 heterocycles.